The first-order valence-corrected chi connectivity index (χ1v) is 13.3. The topological polar surface area (TPSA) is 9.23 Å². The van der Waals surface area contributed by atoms with Crippen molar-refractivity contribution in [2.45, 2.75) is 26.2 Å². The van der Waals surface area contributed by atoms with E-state index in [4.69, 9.17) is 4.12 Å². The Labute approximate surface area is 113 Å². The van der Waals surface area contributed by atoms with Crippen LogP contribution in [0.25, 0.3) is 0 Å². The highest BCUT2D eigenvalue weighted by Gasteiger charge is 2.37. The van der Waals surface area contributed by atoms with E-state index in [0.717, 1.165) is 0 Å². The van der Waals surface area contributed by atoms with Crippen LogP contribution in [0.1, 0.15) is 0 Å². The zero-order valence-corrected chi connectivity index (χ0v) is 14.3. The van der Waals surface area contributed by atoms with Gasteiger partial charge in [0.05, 0.1) is 0 Å². The van der Waals surface area contributed by atoms with E-state index in [1.54, 1.807) is 0 Å². The Bertz CT molecular complexity index is 416. The number of hydrogen-bond donors (Lipinski definition) is 0. The quantitative estimate of drug-likeness (QED) is 0.787. The molecule has 0 saturated carbocycles. The van der Waals surface area contributed by atoms with E-state index in [1.165, 1.54) is 9.00 Å². The zero-order chi connectivity index (χ0) is 12.5. The van der Waals surface area contributed by atoms with E-state index in [2.05, 4.69) is 61.2 Å². The van der Waals surface area contributed by atoms with Gasteiger partial charge in [-0.1, -0.05) is 12.1 Å². The maximum atomic E-state index is 6.61. The van der Waals surface area contributed by atoms with Gasteiger partial charge >= 0.3 is 0 Å². The first-order chi connectivity index (χ1) is 7.92. The first kappa shape index (κ1) is 13.2. The summed E-state index contributed by atoms with van der Waals surface area (Å²) in [6.07, 6.45) is 0. The normalized spacial score (nSPS) is 12.9. The summed E-state index contributed by atoms with van der Waals surface area (Å²) in [6.45, 7) is 9.23. The highest BCUT2D eigenvalue weighted by atomic mass is 32.1. The van der Waals surface area contributed by atoms with Crippen LogP contribution in [0, 0.1) is 0 Å². The third-order valence-electron chi connectivity index (χ3n) is 2.74. The van der Waals surface area contributed by atoms with E-state index in [0.29, 0.717) is 0 Å². The van der Waals surface area contributed by atoms with Crippen LogP contribution in [-0.2, 0) is 4.12 Å². The molecule has 0 aliphatic rings. The van der Waals surface area contributed by atoms with Gasteiger partial charge in [0, 0.05) is 9.00 Å². The van der Waals surface area contributed by atoms with Gasteiger partial charge < -0.3 is 4.12 Å². The summed E-state index contributed by atoms with van der Waals surface area (Å²) in [5.41, 5.74) is 0. The Morgan fingerprint density at radius 3 is 1.53 bits per heavy atom. The van der Waals surface area contributed by atoms with Crippen LogP contribution in [0.3, 0.4) is 0 Å². The molecule has 2 aromatic rings. The Morgan fingerprint density at radius 2 is 1.24 bits per heavy atom. The van der Waals surface area contributed by atoms with E-state index >= 15 is 0 Å². The highest BCUT2D eigenvalue weighted by Crippen LogP contribution is 2.18. The summed E-state index contributed by atoms with van der Waals surface area (Å²) in [7, 11) is -3.46. The molecule has 0 N–H and O–H groups in total. The number of thiophene rings is 2. The lowest BCUT2D eigenvalue weighted by Crippen LogP contribution is -2.56. The maximum absolute atomic E-state index is 6.61. The van der Waals surface area contributed by atoms with Gasteiger partial charge in [0.15, 0.2) is 0 Å². The van der Waals surface area contributed by atoms with Gasteiger partial charge in [0.25, 0.3) is 0 Å². The molecule has 0 radical (unpaired) electrons. The summed E-state index contributed by atoms with van der Waals surface area (Å²) < 4.78 is 9.49. The molecule has 2 rings (SSSR count). The Balaban J connectivity index is 2.21. The SMILES string of the molecule is C[Si](C)(O[Si](C)(C)c1cccs1)c1cccs1. The largest absolute Gasteiger partial charge is 0.448 e. The van der Waals surface area contributed by atoms with Gasteiger partial charge in [0.1, 0.15) is 0 Å². The fourth-order valence-electron chi connectivity index (χ4n) is 1.98. The molecule has 0 unspecified atom stereocenters. The van der Waals surface area contributed by atoms with Crippen molar-refractivity contribution in [1.82, 2.24) is 0 Å². The van der Waals surface area contributed by atoms with Crippen LogP contribution in [0.2, 0.25) is 26.2 Å². The van der Waals surface area contributed by atoms with E-state index < -0.39 is 16.6 Å². The Morgan fingerprint density at radius 1 is 0.824 bits per heavy atom. The minimum absolute atomic E-state index is 1.44. The minimum Gasteiger partial charge on any atom is -0.448 e. The van der Waals surface area contributed by atoms with Gasteiger partial charge in [0.2, 0.25) is 16.6 Å². The van der Waals surface area contributed by atoms with Crippen LogP contribution < -0.4 is 9.00 Å². The summed E-state index contributed by atoms with van der Waals surface area (Å²) in [5, 5.41) is 4.29. The molecule has 0 saturated heterocycles. The van der Waals surface area contributed by atoms with Crippen molar-refractivity contribution in [2.75, 3.05) is 0 Å². The van der Waals surface area contributed by atoms with Crippen molar-refractivity contribution < 1.29 is 4.12 Å². The summed E-state index contributed by atoms with van der Waals surface area (Å²) in [6, 6.07) is 8.68. The van der Waals surface area contributed by atoms with Gasteiger partial charge in [-0.2, -0.15) is 22.7 Å². The van der Waals surface area contributed by atoms with Crippen molar-refractivity contribution in [1.29, 1.82) is 0 Å². The van der Waals surface area contributed by atoms with Crippen molar-refractivity contribution in [3.8, 4) is 0 Å². The van der Waals surface area contributed by atoms with E-state index in [-0.39, 0.29) is 0 Å². The second kappa shape index (κ2) is 4.81. The maximum Gasteiger partial charge on any atom is 0.216 e. The molecule has 0 aromatic carbocycles. The third kappa shape index (κ3) is 2.97. The molecule has 0 bridgehead atoms. The number of rotatable bonds is 4. The van der Waals surface area contributed by atoms with Crippen molar-refractivity contribution in [3.05, 3.63) is 35.0 Å². The molecule has 2 heterocycles. The summed E-state index contributed by atoms with van der Waals surface area (Å²) in [5.74, 6) is 0. The average molecular weight is 299 g/mol. The van der Waals surface area contributed by atoms with Crippen LogP contribution in [0.4, 0.5) is 0 Å². The molecule has 0 atom stereocenters. The second-order valence-electron chi connectivity index (χ2n) is 5.08. The molecule has 5 heteroatoms. The zero-order valence-electron chi connectivity index (χ0n) is 10.7. The summed E-state index contributed by atoms with van der Waals surface area (Å²) in [4.78, 5) is 0. The molecule has 1 nitrogen and oxygen atoms in total. The van der Waals surface area contributed by atoms with Crippen molar-refractivity contribution >= 4 is 48.3 Å². The van der Waals surface area contributed by atoms with Crippen LogP contribution in [-0.4, -0.2) is 16.6 Å². The molecule has 17 heavy (non-hydrogen) atoms. The standard InChI is InChI=1S/C12H18OS2Si2/c1-16(2,11-7-5-9-14-11)13-17(3,4)12-8-6-10-15-12/h5-10H,1-4H3. The molecule has 0 fully saturated rings. The fraction of sp³-hybridized carbons (Fsp3) is 0.333. The minimum atomic E-state index is -1.73. The molecular weight excluding hydrogens is 280 g/mol. The highest BCUT2D eigenvalue weighted by molar-refractivity contribution is 7.27. The molecule has 0 spiro atoms. The van der Waals surface area contributed by atoms with E-state index in [1.807, 2.05) is 22.7 Å². The first-order valence-electron chi connectivity index (χ1n) is 5.70. The number of hydrogen-bond acceptors (Lipinski definition) is 3. The van der Waals surface area contributed by atoms with Crippen LogP contribution in [0.5, 0.6) is 0 Å². The van der Waals surface area contributed by atoms with Crippen LogP contribution in [0.15, 0.2) is 35.0 Å². The van der Waals surface area contributed by atoms with Gasteiger partial charge in [-0.15, -0.1) is 0 Å². The molecule has 0 aliphatic heterocycles. The fourth-order valence-corrected chi connectivity index (χ4v) is 13.2. The smallest absolute Gasteiger partial charge is 0.216 e. The van der Waals surface area contributed by atoms with Gasteiger partial charge in [-0.3, -0.25) is 0 Å². The van der Waals surface area contributed by atoms with E-state index in [9.17, 15) is 0 Å². The lowest BCUT2D eigenvalue weighted by atomic mass is 10.7. The van der Waals surface area contributed by atoms with Gasteiger partial charge in [-0.05, 0) is 49.1 Å². The summed E-state index contributed by atoms with van der Waals surface area (Å²) >= 11 is 3.66. The lowest BCUT2D eigenvalue weighted by molar-refractivity contribution is 0.575. The predicted octanol–water partition coefficient (Wildman–Crippen LogP) is 3.35. The molecule has 0 amide bonds. The average Bonchev–Trinajstić information content (AvgIpc) is 2.91. The third-order valence-corrected chi connectivity index (χ3v) is 14.6. The van der Waals surface area contributed by atoms with Crippen molar-refractivity contribution in [3.63, 3.8) is 0 Å². The molecule has 2 aromatic heterocycles. The molecular formula is C12H18OS2Si2. The predicted molar refractivity (Wildman–Crippen MR) is 84.0 cm³/mol. The monoisotopic (exact) mass is 298 g/mol. The second-order valence-corrected chi connectivity index (χ2v) is 15.6. The van der Waals surface area contributed by atoms with Gasteiger partial charge in [-0.25, -0.2) is 0 Å². The Kier molecular flexibility index (Phi) is 3.75. The lowest BCUT2D eigenvalue weighted by Gasteiger charge is -2.32. The molecule has 92 valence electrons. The van der Waals surface area contributed by atoms with Crippen molar-refractivity contribution in [2.24, 2.45) is 0 Å². The Hall–Kier alpha value is -0.206. The van der Waals surface area contributed by atoms with Crippen LogP contribution >= 0.6 is 22.7 Å². The molecule has 0 aliphatic carbocycles.